The van der Waals surface area contributed by atoms with E-state index < -0.39 is 9.84 Å². The van der Waals surface area contributed by atoms with Gasteiger partial charge in [-0.25, -0.2) is 8.42 Å². The molecule has 0 radical (unpaired) electrons. The summed E-state index contributed by atoms with van der Waals surface area (Å²) in [5.74, 6) is 1.70. The highest BCUT2D eigenvalue weighted by Gasteiger charge is 2.22. The van der Waals surface area contributed by atoms with Crippen molar-refractivity contribution in [3.8, 4) is 34.5 Å². The average Bonchev–Trinajstić information content (AvgIpc) is 3.42. The molecule has 9 heteroatoms. The van der Waals surface area contributed by atoms with Gasteiger partial charge >= 0.3 is 0 Å². The maximum Gasteiger partial charge on any atom is 0.293 e. The quantitative estimate of drug-likeness (QED) is 0.399. The van der Waals surface area contributed by atoms with Gasteiger partial charge in [0.25, 0.3) is 5.89 Å². The second kappa shape index (κ2) is 8.51. The first-order valence-electron chi connectivity index (χ1n) is 9.76. The number of hydrogen-bond donors (Lipinski definition) is 0. The summed E-state index contributed by atoms with van der Waals surface area (Å²) in [5, 5.41) is 4.00. The van der Waals surface area contributed by atoms with Gasteiger partial charge in [0.2, 0.25) is 5.82 Å². The van der Waals surface area contributed by atoms with E-state index >= 15 is 0 Å². The zero-order valence-corrected chi connectivity index (χ0v) is 18.9. The molecule has 0 aliphatic carbocycles. The number of aryl methyl sites for hydroxylation is 2. The minimum Gasteiger partial charge on any atom is -0.493 e. The third-order valence-corrected chi connectivity index (χ3v) is 6.73. The lowest BCUT2D eigenvalue weighted by molar-refractivity contribution is 0.355. The maximum atomic E-state index is 12.9. The van der Waals surface area contributed by atoms with Crippen LogP contribution in [0.3, 0.4) is 0 Å². The molecule has 0 spiro atoms. The first kappa shape index (κ1) is 21.6. The van der Waals surface area contributed by atoms with Gasteiger partial charge in [-0.1, -0.05) is 28.9 Å². The van der Waals surface area contributed by atoms with Crippen LogP contribution >= 0.6 is 0 Å². The van der Waals surface area contributed by atoms with Gasteiger partial charge in [0.05, 0.1) is 24.7 Å². The van der Waals surface area contributed by atoms with Gasteiger partial charge in [0.15, 0.2) is 27.1 Å². The van der Waals surface area contributed by atoms with Gasteiger partial charge in [-0.3, -0.25) is 0 Å². The summed E-state index contributed by atoms with van der Waals surface area (Å²) < 4.78 is 47.5. The van der Waals surface area contributed by atoms with Crippen molar-refractivity contribution < 1.29 is 26.8 Å². The summed E-state index contributed by atoms with van der Waals surface area (Å²) in [4.78, 5) is 4.65. The predicted molar refractivity (Wildman–Crippen MR) is 117 cm³/mol. The third-order valence-electron chi connectivity index (χ3n) is 4.94. The van der Waals surface area contributed by atoms with E-state index in [1.54, 1.807) is 56.5 Å². The molecule has 32 heavy (non-hydrogen) atoms. The highest BCUT2D eigenvalue weighted by molar-refractivity contribution is 7.90. The highest BCUT2D eigenvalue weighted by Crippen LogP contribution is 2.37. The van der Waals surface area contributed by atoms with E-state index in [2.05, 4.69) is 10.1 Å². The summed E-state index contributed by atoms with van der Waals surface area (Å²) in [6.07, 6.45) is 0. The molecule has 0 atom stereocenters. The zero-order valence-electron chi connectivity index (χ0n) is 18.1. The number of rotatable bonds is 7. The van der Waals surface area contributed by atoms with Gasteiger partial charge < -0.3 is 18.4 Å². The first-order chi connectivity index (χ1) is 15.3. The van der Waals surface area contributed by atoms with Crippen molar-refractivity contribution in [2.24, 2.45) is 0 Å². The lowest BCUT2D eigenvalue weighted by Crippen LogP contribution is -2.06. The van der Waals surface area contributed by atoms with E-state index in [1.165, 1.54) is 7.11 Å². The second-order valence-electron chi connectivity index (χ2n) is 7.26. The van der Waals surface area contributed by atoms with Crippen LogP contribution in [0.5, 0.6) is 11.5 Å². The smallest absolute Gasteiger partial charge is 0.293 e. The van der Waals surface area contributed by atoms with Crippen molar-refractivity contribution >= 4 is 9.84 Å². The number of sulfone groups is 1. The Morgan fingerprint density at radius 3 is 2.53 bits per heavy atom. The highest BCUT2D eigenvalue weighted by atomic mass is 32.2. The summed E-state index contributed by atoms with van der Waals surface area (Å²) in [7, 11) is -0.508. The maximum absolute atomic E-state index is 12.9. The normalized spacial score (nSPS) is 11.5. The van der Waals surface area contributed by atoms with Crippen molar-refractivity contribution in [2.75, 3.05) is 14.2 Å². The van der Waals surface area contributed by atoms with Crippen LogP contribution in [0.15, 0.2) is 62.4 Å². The van der Waals surface area contributed by atoms with E-state index in [4.69, 9.17) is 18.4 Å². The van der Waals surface area contributed by atoms with E-state index in [1.807, 2.05) is 13.0 Å². The van der Waals surface area contributed by atoms with E-state index in [-0.39, 0.29) is 33.9 Å². The third kappa shape index (κ3) is 4.11. The molecule has 4 rings (SSSR count). The number of furan rings is 1. The fourth-order valence-electron chi connectivity index (χ4n) is 3.48. The fourth-order valence-corrected chi connectivity index (χ4v) is 4.99. The Morgan fingerprint density at radius 1 is 1.00 bits per heavy atom. The molecular formula is C23H22N2O6S. The number of methoxy groups -OCH3 is 2. The Balaban J connectivity index is 1.60. The minimum atomic E-state index is -3.57. The summed E-state index contributed by atoms with van der Waals surface area (Å²) >= 11 is 0. The lowest BCUT2D eigenvalue weighted by Gasteiger charge is -2.09. The number of hydrogen-bond acceptors (Lipinski definition) is 8. The zero-order chi connectivity index (χ0) is 22.9. The molecule has 0 unspecified atom stereocenters. The first-order valence-corrected chi connectivity index (χ1v) is 11.4. The Hall–Kier alpha value is -3.59. The summed E-state index contributed by atoms with van der Waals surface area (Å²) in [6, 6.07) is 13.8. The molecule has 0 saturated heterocycles. The van der Waals surface area contributed by atoms with Crippen LogP contribution in [-0.2, 0) is 15.6 Å². The molecule has 0 aliphatic rings. The fraction of sp³-hybridized carbons (Fsp3) is 0.217. The molecule has 0 amide bonds. The minimum absolute atomic E-state index is 0.125. The predicted octanol–water partition coefficient (Wildman–Crippen LogP) is 4.60. The molecule has 4 aromatic rings. The number of ether oxygens (including phenoxy) is 2. The summed E-state index contributed by atoms with van der Waals surface area (Å²) in [6.45, 7) is 3.70. The van der Waals surface area contributed by atoms with Crippen LogP contribution in [0, 0.1) is 13.8 Å². The monoisotopic (exact) mass is 454 g/mol. The van der Waals surface area contributed by atoms with Gasteiger partial charge in [0.1, 0.15) is 11.5 Å². The SMILES string of the molecule is COc1cccc(-c2noc(-c3ccc(CS(=O)(=O)c4ccc(C)cc4C)o3)n2)c1OC. The molecule has 0 N–H and O–H groups in total. The molecule has 0 saturated carbocycles. The van der Waals surface area contributed by atoms with Gasteiger partial charge in [-0.15, -0.1) is 0 Å². The Bertz CT molecular complexity index is 1370. The number of nitrogens with zero attached hydrogens (tertiary/aromatic N) is 2. The largest absolute Gasteiger partial charge is 0.493 e. The molecular weight excluding hydrogens is 432 g/mol. The van der Waals surface area contributed by atoms with Gasteiger partial charge in [-0.05, 0) is 49.7 Å². The van der Waals surface area contributed by atoms with Crippen LogP contribution < -0.4 is 9.47 Å². The molecule has 8 nitrogen and oxygen atoms in total. The van der Waals surface area contributed by atoms with Gasteiger partial charge in [-0.2, -0.15) is 4.98 Å². The Labute approximate surface area is 185 Å². The van der Waals surface area contributed by atoms with Crippen LogP contribution in [0.1, 0.15) is 16.9 Å². The Morgan fingerprint density at radius 2 is 1.81 bits per heavy atom. The molecule has 0 aliphatic heterocycles. The van der Waals surface area contributed by atoms with Crippen LogP contribution in [-0.4, -0.2) is 32.8 Å². The van der Waals surface area contributed by atoms with Crippen molar-refractivity contribution in [3.05, 3.63) is 65.4 Å². The molecule has 0 fully saturated rings. The van der Waals surface area contributed by atoms with Crippen LogP contribution in [0.2, 0.25) is 0 Å². The van der Waals surface area contributed by atoms with Crippen molar-refractivity contribution in [1.29, 1.82) is 0 Å². The average molecular weight is 455 g/mol. The molecule has 166 valence electrons. The molecule has 2 aromatic heterocycles. The van der Waals surface area contributed by atoms with Crippen LogP contribution in [0.4, 0.5) is 0 Å². The molecule has 2 heterocycles. The van der Waals surface area contributed by atoms with E-state index in [9.17, 15) is 8.42 Å². The van der Waals surface area contributed by atoms with Crippen molar-refractivity contribution in [2.45, 2.75) is 24.5 Å². The second-order valence-corrected chi connectivity index (χ2v) is 9.22. The molecule has 2 aromatic carbocycles. The van der Waals surface area contributed by atoms with Crippen molar-refractivity contribution in [1.82, 2.24) is 10.1 Å². The lowest BCUT2D eigenvalue weighted by atomic mass is 10.1. The topological polar surface area (TPSA) is 105 Å². The molecule has 0 bridgehead atoms. The number of aromatic nitrogens is 2. The standard InChI is InChI=1S/C23H22N2O6S/c1-14-8-11-20(15(2)12-14)32(26,27)13-16-9-10-19(30-16)23-24-22(25-31-23)17-6-5-7-18(28-3)21(17)29-4/h5-12H,13H2,1-4H3. The van der Waals surface area contributed by atoms with Crippen molar-refractivity contribution in [3.63, 3.8) is 0 Å². The Kier molecular flexibility index (Phi) is 5.75. The number of para-hydroxylation sites is 1. The van der Waals surface area contributed by atoms with E-state index in [0.717, 1.165) is 5.56 Å². The summed E-state index contributed by atoms with van der Waals surface area (Å²) in [5.41, 5.74) is 2.29. The van der Waals surface area contributed by atoms with Gasteiger partial charge in [0, 0.05) is 0 Å². The van der Waals surface area contributed by atoms with Crippen LogP contribution in [0.25, 0.3) is 23.0 Å². The van der Waals surface area contributed by atoms with E-state index in [0.29, 0.717) is 22.6 Å². The number of benzene rings is 2.